The van der Waals surface area contributed by atoms with Crippen molar-refractivity contribution >= 4 is 40.6 Å². The number of hydrogen-bond acceptors (Lipinski definition) is 6. The fraction of sp³-hybridized carbons (Fsp3) is 0.286. The molecule has 0 spiro atoms. The zero-order valence-corrected chi connectivity index (χ0v) is 19.6. The first-order valence-corrected chi connectivity index (χ1v) is 12.7. The van der Waals surface area contributed by atoms with E-state index in [4.69, 9.17) is 4.74 Å². The van der Waals surface area contributed by atoms with Crippen LogP contribution in [0.2, 0.25) is 0 Å². The summed E-state index contributed by atoms with van der Waals surface area (Å²) in [4.78, 5) is 53.1. The van der Waals surface area contributed by atoms with E-state index in [1.165, 1.54) is 33.9 Å². The standard InChI is InChI=1S/C28H23NO5S/c30-22(23-7-4-12-35-23)15-34-28(33)17-8-10-19(11-9-17)29-26(31)24-18-13-20(16-5-2-1-3-6-16)21(14-18)25(24)27(29)32/h1-12,18,20-21,24-25H,13-15H2/t18-,20-,21+,24+,25-/m0/s1. The first-order valence-electron chi connectivity index (χ1n) is 11.8. The predicted octanol–water partition coefficient (Wildman–Crippen LogP) is 4.72. The molecule has 3 aromatic rings. The predicted molar refractivity (Wildman–Crippen MR) is 130 cm³/mol. The van der Waals surface area contributed by atoms with Crippen LogP contribution < -0.4 is 4.90 Å². The Kier molecular flexibility index (Phi) is 5.37. The van der Waals surface area contributed by atoms with E-state index in [0.717, 1.165) is 12.8 Å². The first kappa shape index (κ1) is 21.9. The van der Waals surface area contributed by atoms with Crippen LogP contribution >= 0.6 is 11.3 Å². The maximum atomic E-state index is 13.5. The minimum absolute atomic E-state index is 0.129. The van der Waals surface area contributed by atoms with Gasteiger partial charge in [0.25, 0.3) is 0 Å². The van der Waals surface area contributed by atoms with Gasteiger partial charge in [-0.1, -0.05) is 36.4 Å². The van der Waals surface area contributed by atoms with E-state index in [2.05, 4.69) is 12.1 Å². The van der Waals surface area contributed by atoms with Crippen LogP contribution in [0.4, 0.5) is 5.69 Å². The van der Waals surface area contributed by atoms with Crippen molar-refractivity contribution in [3.8, 4) is 0 Å². The first-order chi connectivity index (χ1) is 17.0. The average molecular weight is 486 g/mol. The van der Waals surface area contributed by atoms with Crippen molar-refractivity contribution in [3.05, 3.63) is 88.1 Å². The summed E-state index contributed by atoms with van der Waals surface area (Å²) in [6.45, 7) is -0.334. The van der Waals surface area contributed by atoms with Gasteiger partial charge in [-0.3, -0.25) is 19.3 Å². The highest BCUT2D eigenvalue weighted by Crippen LogP contribution is 2.61. The number of esters is 1. The van der Waals surface area contributed by atoms with Crippen molar-refractivity contribution in [1.82, 2.24) is 0 Å². The Morgan fingerprint density at radius 2 is 1.63 bits per heavy atom. The maximum absolute atomic E-state index is 13.5. The fourth-order valence-corrected chi connectivity index (χ4v) is 6.92. The van der Waals surface area contributed by atoms with Gasteiger partial charge >= 0.3 is 5.97 Å². The van der Waals surface area contributed by atoms with Gasteiger partial charge in [-0.25, -0.2) is 4.79 Å². The Hall–Kier alpha value is -3.58. The third-order valence-electron chi connectivity index (χ3n) is 7.73. The van der Waals surface area contributed by atoms with Crippen LogP contribution in [0.1, 0.15) is 44.4 Å². The number of amides is 2. The van der Waals surface area contributed by atoms with Gasteiger partial charge in [0.15, 0.2) is 6.61 Å². The number of ketones is 1. The smallest absolute Gasteiger partial charge is 0.338 e. The van der Waals surface area contributed by atoms with Crippen molar-refractivity contribution in [2.24, 2.45) is 23.7 Å². The van der Waals surface area contributed by atoms with Crippen molar-refractivity contribution in [3.63, 3.8) is 0 Å². The molecule has 2 aromatic carbocycles. The number of fused-ring (bicyclic) bond motifs is 5. The highest BCUT2D eigenvalue weighted by Gasteiger charge is 2.64. The number of thiophene rings is 1. The van der Waals surface area contributed by atoms with E-state index in [9.17, 15) is 19.2 Å². The van der Waals surface area contributed by atoms with Gasteiger partial charge in [0.2, 0.25) is 17.6 Å². The zero-order chi connectivity index (χ0) is 24.1. The van der Waals surface area contributed by atoms with Gasteiger partial charge in [-0.05, 0) is 71.9 Å². The molecular weight excluding hydrogens is 462 g/mol. The molecule has 3 fully saturated rings. The summed E-state index contributed by atoms with van der Waals surface area (Å²) in [5, 5.41) is 1.79. The number of carbonyl (C=O) groups excluding carboxylic acids is 4. The fourth-order valence-electron chi connectivity index (χ4n) is 6.27. The summed E-state index contributed by atoms with van der Waals surface area (Å²) in [5.41, 5.74) is 1.98. The zero-order valence-electron chi connectivity index (χ0n) is 18.8. The summed E-state index contributed by atoms with van der Waals surface area (Å²) in [7, 11) is 0. The number of ether oxygens (including phenoxy) is 1. The molecule has 0 unspecified atom stereocenters. The second kappa shape index (κ2) is 8.57. The second-order valence-corrected chi connectivity index (χ2v) is 10.4. The largest absolute Gasteiger partial charge is 0.454 e. The van der Waals surface area contributed by atoms with Crippen molar-refractivity contribution in [2.45, 2.75) is 18.8 Å². The van der Waals surface area contributed by atoms with Crippen molar-refractivity contribution < 1.29 is 23.9 Å². The summed E-state index contributed by atoms with van der Waals surface area (Å²) in [5.74, 6) is -0.945. The Labute approximate surface area is 206 Å². The lowest BCUT2D eigenvalue weighted by Gasteiger charge is -2.28. The molecule has 3 aliphatic rings. The van der Waals surface area contributed by atoms with Gasteiger partial charge in [0.1, 0.15) is 0 Å². The van der Waals surface area contributed by atoms with E-state index < -0.39 is 5.97 Å². The SMILES string of the molecule is O=C(OCC(=O)c1cccs1)c1ccc(N2C(=O)[C@@H]3[C@@H]4C[C@@H]([C@@H]3C2=O)[C@H](c2ccccc2)C4)cc1. The molecule has 2 amide bonds. The Morgan fingerprint density at radius 3 is 2.34 bits per heavy atom. The number of Topliss-reactive ketones (excluding diaryl/α,β-unsaturated/α-hetero) is 1. The van der Waals surface area contributed by atoms with Crippen LogP contribution in [-0.2, 0) is 14.3 Å². The molecule has 2 aliphatic carbocycles. The summed E-state index contributed by atoms with van der Waals surface area (Å²) >= 11 is 1.30. The molecule has 2 heterocycles. The van der Waals surface area contributed by atoms with Gasteiger partial charge in [-0.2, -0.15) is 0 Å². The molecule has 6 nitrogen and oxygen atoms in total. The Balaban J connectivity index is 1.16. The number of imide groups is 1. The number of carbonyl (C=O) groups is 4. The maximum Gasteiger partial charge on any atom is 0.338 e. The van der Waals surface area contributed by atoms with E-state index in [1.54, 1.807) is 29.6 Å². The average Bonchev–Trinajstić information content (AvgIpc) is 3.67. The number of benzene rings is 2. The lowest BCUT2D eigenvalue weighted by atomic mass is 9.73. The van der Waals surface area contributed by atoms with E-state index in [-0.39, 0.29) is 53.4 Å². The van der Waals surface area contributed by atoms with Gasteiger partial charge in [0.05, 0.1) is 28.0 Å². The van der Waals surface area contributed by atoms with Gasteiger partial charge in [0, 0.05) is 0 Å². The monoisotopic (exact) mass is 485 g/mol. The summed E-state index contributed by atoms with van der Waals surface area (Å²) < 4.78 is 5.14. The van der Waals surface area contributed by atoms with E-state index >= 15 is 0 Å². The molecule has 176 valence electrons. The van der Waals surface area contributed by atoms with Crippen LogP contribution in [0.25, 0.3) is 0 Å². The van der Waals surface area contributed by atoms with Crippen LogP contribution in [0.3, 0.4) is 0 Å². The molecule has 7 heteroatoms. The molecule has 6 rings (SSSR count). The lowest BCUT2D eigenvalue weighted by Crippen LogP contribution is -2.33. The van der Waals surface area contributed by atoms with Crippen LogP contribution in [-0.4, -0.2) is 30.2 Å². The molecular formula is C28H23NO5S. The molecule has 1 aromatic heterocycles. The van der Waals surface area contributed by atoms with E-state index in [1.807, 2.05) is 18.2 Å². The van der Waals surface area contributed by atoms with Crippen LogP contribution in [0.15, 0.2) is 72.1 Å². The lowest BCUT2D eigenvalue weighted by molar-refractivity contribution is -0.123. The molecule has 5 atom stereocenters. The molecule has 2 bridgehead atoms. The molecule has 2 saturated carbocycles. The van der Waals surface area contributed by atoms with Gasteiger partial charge < -0.3 is 4.74 Å². The third-order valence-corrected chi connectivity index (χ3v) is 8.65. The number of rotatable bonds is 6. The molecule has 1 aliphatic heterocycles. The molecule has 35 heavy (non-hydrogen) atoms. The van der Waals surface area contributed by atoms with Gasteiger partial charge in [-0.15, -0.1) is 11.3 Å². The quantitative estimate of drug-likeness (QED) is 0.287. The molecule has 0 radical (unpaired) electrons. The number of hydrogen-bond donors (Lipinski definition) is 0. The number of nitrogens with zero attached hydrogens (tertiary/aromatic N) is 1. The molecule has 0 N–H and O–H groups in total. The summed E-state index contributed by atoms with van der Waals surface area (Å²) in [6.07, 6.45) is 1.87. The van der Waals surface area contributed by atoms with Crippen molar-refractivity contribution in [2.75, 3.05) is 11.5 Å². The molecule has 1 saturated heterocycles. The van der Waals surface area contributed by atoms with E-state index in [0.29, 0.717) is 16.5 Å². The summed E-state index contributed by atoms with van der Waals surface area (Å²) in [6, 6.07) is 20.0. The minimum Gasteiger partial charge on any atom is -0.454 e. The topological polar surface area (TPSA) is 80.8 Å². The van der Waals surface area contributed by atoms with Crippen LogP contribution in [0, 0.1) is 23.7 Å². The Morgan fingerprint density at radius 1 is 0.886 bits per heavy atom. The normalized spacial score (nSPS) is 26.7. The highest BCUT2D eigenvalue weighted by atomic mass is 32.1. The van der Waals surface area contributed by atoms with Crippen molar-refractivity contribution in [1.29, 1.82) is 0 Å². The third kappa shape index (κ3) is 3.62. The second-order valence-electron chi connectivity index (χ2n) is 9.50. The highest BCUT2D eigenvalue weighted by molar-refractivity contribution is 7.12. The minimum atomic E-state index is -0.624. The van der Waals surface area contributed by atoms with Crippen LogP contribution in [0.5, 0.6) is 0 Å². The Bertz CT molecular complexity index is 1300. The number of anilines is 1.